The highest BCUT2D eigenvalue weighted by Gasteiger charge is 2.36. The second kappa shape index (κ2) is 3.20. The molecule has 1 fully saturated rings. The molecule has 2 N–H and O–H groups in total. The zero-order chi connectivity index (χ0) is 11.4. The lowest BCUT2D eigenvalue weighted by atomic mass is 9.84. The molecule has 2 bridgehead atoms. The van der Waals surface area contributed by atoms with E-state index in [0.29, 0.717) is 11.8 Å². The van der Waals surface area contributed by atoms with Crippen LogP contribution in [0.4, 0.5) is 0 Å². The summed E-state index contributed by atoms with van der Waals surface area (Å²) in [5.74, 6) is 0.372. The zero-order valence-corrected chi connectivity index (χ0v) is 9.49. The Balaban J connectivity index is 1.95. The first kappa shape index (κ1) is 9.42. The van der Waals surface area contributed by atoms with Gasteiger partial charge in [-0.15, -0.1) is 0 Å². The second-order valence-corrected chi connectivity index (χ2v) is 5.04. The highest BCUT2D eigenvalue weighted by Crippen LogP contribution is 2.36. The SMILES string of the molecule is O=C1CC[C@H]2N[C@@H]1Cc1c2[nH]c2ccccc12. The Labute approximate surface area is 99.2 Å². The zero-order valence-electron chi connectivity index (χ0n) is 9.49. The lowest BCUT2D eigenvalue weighted by Crippen LogP contribution is -2.48. The Morgan fingerprint density at radius 3 is 3.00 bits per heavy atom. The number of nitrogens with one attached hydrogen (secondary N) is 2. The van der Waals surface area contributed by atoms with Crippen LogP contribution in [0.1, 0.15) is 30.1 Å². The Bertz CT molecular complexity index is 614. The van der Waals surface area contributed by atoms with E-state index in [9.17, 15) is 4.79 Å². The van der Waals surface area contributed by atoms with E-state index in [1.54, 1.807) is 0 Å². The fourth-order valence-electron chi connectivity index (χ4n) is 3.22. The van der Waals surface area contributed by atoms with Gasteiger partial charge in [0.2, 0.25) is 0 Å². The van der Waals surface area contributed by atoms with Crippen LogP contribution < -0.4 is 5.32 Å². The predicted molar refractivity (Wildman–Crippen MR) is 65.9 cm³/mol. The molecule has 86 valence electrons. The Hall–Kier alpha value is -1.61. The molecule has 3 heterocycles. The van der Waals surface area contributed by atoms with Gasteiger partial charge in [0.1, 0.15) is 5.78 Å². The summed E-state index contributed by atoms with van der Waals surface area (Å²) in [4.78, 5) is 15.3. The van der Waals surface area contributed by atoms with Gasteiger partial charge in [0, 0.05) is 29.1 Å². The molecule has 2 aliphatic rings. The summed E-state index contributed by atoms with van der Waals surface area (Å²) in [5, 5.41) is 4.72. The number of carbonyl (C=O) groups is 1. The van der Waals surface area contributed by atoms with Gasteiger partial charge in [-0.1, -0.05) is 18.2 Å². The van der Waals surface area contributed by atoms with Gasteiger partial charge in [0.15, 0.2) is 0 Å². The molecule has 2 aliphatic heterocycles. The molecule has 0 spiro atoms. The number of fused-ring (bicyclic) bond motifs is 6. The van der Waals surface area contributed by atoms with Crippen LogP contribution in [0.3, 0.4) is 0 Å². The van der Waals surface area contributed by atoms with Crippen molar-refractivity contribution in [2.24, 2.45) is 0 Å². The summed E-state index contributed by atoms with van der Waals surface area (Å²) in [7, 11) is 0. The molecule has 17 heavy (non-hydrogen) atoms. The van der Waals surface area contributed by atoms with Crippen molar-refractivity contribution in [1.82, 2.24) is 10.3 Å². The topological polar surface area (TPSA) is 44.9 Å². The number of rotatable bonds is 0. The largest absolute Gasteiger partial charge is 0.357 e. The van der Waals surface area contributed by atoms with Crippen molar-refractivity contribution < 1.29 is 4.79 Å². The monoisotopic (exact) mass is 226 g/mol. The minimum Gasteiger partial charge on any atom is -0.357 e. The van der Waals surface area contributed by atoms with E-state index in [-0.39, 0.29) is 6.04 Å². The Kier molecular flexibility index (Phi) is 1.77. The summed E-state index contributed by atoms with van der Waals surface area (Å²) in [6.07, 6.45) is 2.49. The molecule has 1 aromatic carbocycles. The van der Waals surface area contributed by atoms with Crippen molar-refractivity contribution in [3.63, 3.8) is 0 Å². The number of para-hydroxylation sites is 1. The summed E-state index contributed by atoms with van der Waals surface area (Å²) in [6, 6.07) is 8.76. The standard InChI is InChI=1S/C14H14N2O/c17-13-6-5-11-14-9(7-12(13)15-11)8-3-1-2-4-10(8)16-14/h1-4,11-12,15-16H,5-7H2/t11-,12-/m1/s1. The molecule has 1 aromatic heterocycles. The second-order valence-electron chi connectivity index (χ2n) is 5.04. The fourth-order valence-corrected chi connectivity index (χ4v) is 3.22. The van der Waals surface area contributed by atoms with Gasteiger partial charge in [-0.25, -0.2) is 0 Å². The van der Waals surface area contributed by atoms with Gasteiger partial charge in [-0.2, -0.15) is 0 Å². The van der Waals surface area contributed by atoms with E-state index in [1.807, 2.05) is 0 Å². The molecular weight excluding hydrogens is 212 g/mol. The third kappa shape index (κ3) is 1.23. The summed E-state index contributed by atoms with van der Waals surface area (Å²) in [5.41, 5.74) is 3.84. The van der Waals surface area contributed by atoms with E-state index in [0.717, 1.165) is 19.3 Å². The van der Waals surface area contributed by atoms with Crippen molar-refractivity contribution in [3.05, 3.63) is 35.5 Å². The molecule has 2 atom stereocenters. The van der Waals surface area contributed by atoms with Crippen molar-refractivity contribution in [2.75, 3.05) is 0 Å². The van der Waals surface area contributed by atoms with E-state index in [1.165, 1.54) is 22.2 Å². The van der Waals surface area contributed by atoms with Crippen LogP contribution in [0.2, 0.25) is 0 Å². The first-order valence-corrected chi connectivity index (χ1v) is 6.21. The van der Waals surface area contributed by atoms with Crippen LogP contribution in [0, 0.1) is 0 Å². The number of H-pyrrole nitrogens is 1. The molecule has 3 heteroatoms. The highest BCUT2D eigenvalue weighted by molar-refractivity contribution is 5.90. The number of hydrogen-bond acceptors (Lipinski definition) is 2. The Morgan fingerprint density at radius 2 is 2.06 bits per heavy atom. The van der Waals surface area contributed by atoms with Gasteiger partial charge < -0.3 is 4.98 Å². The summed E-state index contributed by atoms with van der Waals surface area (Å²) in [6.45, 7) is 0. The van der Waals surface area contributed by atoms with Crippen molar-refractivity contribution in [3.8, 4) is 0 Å². The van der Waals surface area contributed by atoms with E-state index in [2.05, 4.69) is 34.6 Å². The fraction of sp³-hybridized carbons (Fsp3) is 0.357. The maximum atomic E-state index is 11.8. The lowest BCUT2D eigenvalue weighted by Gasteiger charge is -2.34. The summed E-state index contributed by atoms with van der Waals surface area (Å²) >= 11 is 0. The minimum atomic E-state index is 0.0421. The molecule has 0 saturated carbocycles. The number of benzene rings is 1. The molecule has 3 nitrogen and oxygen atoms in total. The predicted octanol–water partition coefficient (Wildman–Crippen LogP) is 2.09. The van der Waals surface area contributed by atoms with Crippen LogP contribution in [-0.2, 0) is 11.2 Å². The minimum absolute atomic E-state index is 0.0421. The molecule has 4 rings (SSSR count). The average molecular weight is 226 g/mol. The maximum Gasteiger partial charge on any atom is 0.150 e. The first-order valence-electron chi connectivity index (χ1n) is 6.21. The quantitative estimate of drug-likeness (QED) is 0.722. The van der Waals surface area contributed by atoms with Crippen molar-refractivity contribution in [2.45, 2.75) is 31.3 Å². The molecule has 0 aliphatic carbocycles. The number of Topliss-reactive ketones (excluding diaryl/α,β-unsaturated/α-hetero) is 1. The van der Waals surface area contributed by atoms with Crippen molar-refractivity contribution in [1.29, 1.82) is 0 Å². The van der Waals surface area contributed by atoms with Gasteiger partial charge >= 0.3 is 0 Å². The normalized spacial score (nSPS) is 27.2. The van der Waals surface area contributed by atoms with Gasteiger partial charge in [0.25, 0.3) is 0 Å². The van der Waals surface area contributed by atoms with Gasteiger partial charge in [-0.3, -0.25) is 10.1 Å². The maximum absolute atomic E-state index is 11.8. The van der Waals surface area contributed by atoms with Gasteiger partial charge in [-0.05, 0) is 24.5 Å². The third-order valence-electron chi connectivity index (χ3n) is 4.07. The van der Waals surface area contributed by atoms with Gasteiger partial charge in [0.05, 0.1) is 6.04 Å². The summed E-state index contributed by atoms with van der Waals surface area (Å²) < 4.78 is 0. The molecular formula is C14H14N2O. The number of ketones is 1. The van der Waals surface area contributed by atoms with Crippen LogP contribution >= 0.6 is 0 Å². The highest BCUT2D eigenvalue weighted by atomic mass is 16.1. The number of piperidine rings is 1. The van der Waals surface area contributed by atoms with E-state index < -0.39 is 0 Å². The van der Waals surface area contributed by atoms with Crippen LogP contribution in [0.25, 0.3) is 10.9 Å². The number of carbonyl (C=O) groups excluding carboxylic acids is 1. The molecule has 2 aromatic rings. The molecule has 0 amide bonds. The lowest BCUT2D eigenvalue weighted by molar-refractivity contribution is -0.123. The Morgan fingerprint density at radius 1 is 1.18 bits per heavy atom. The van der Waals surface area contributed by atoms with E-state index in [4.69, 9.17) is 0 Å². The van der Waals surface area contributed by atoms with Crippen LogP contribution in [0.15, 0.2) is 24.3 Å². The van der Waals surface area contributed by atoms with Crippen LogP contribution in [0.5, 0.6) is 0 Å². The molecule has 0 unspecified atom stereocenters. The molecule has 1 saturated heterocycles. The number of hydrogen-bond donors (Lipinski definition) is 2. The van der Waals surface area contributed by atoms with Crippen molar-refractivity contribution >= 4 is 16.7 Å². The van der Waals surface area contributed by atoms with E-state index >= 15 is 0 Å². The number of aromatic amines is 1. The molecule has 0 radical (unpaired) electrons. The third-order valence-corrected chi connectivity index (χ3v) is 4.07. The first-order chi connectivity index (χ1) is 8.33. The number of aromatic nitrogens is 1. The smallest absolute Gasteiger partial charge is 0.150 e. The van der Waals surface area contributed by atoms with Crippen LogP contribution in [-0.4, -0.2) is 16.8 Å². The average Bonchev–Trinajstić information content (AvgIpc) is 2.73.